The molecule has 0 atom stereocenters. The number of unbranched alkanes of at least 4 members (excludes halogenated alkanes) is 5. The molecular formula is C12H18F9N. The van der Waals surface area contributed by atoms with E-state index in [-0.39, 0.29) is 6.42 Å². The monoisotopic (exact) mass is 347 g/mol. The van der Waals surface area contributed by atoms with Crippen LogP contribution >= 0.6 is 0 Å². The Morgan fingerprint density at radius 2 is 1.09 bits per heavy atom. The second-order valence-corrected chi connectivity index (χ2v) is 4.92. The summed E-state index contributed by atoms with van der Waals surface area (Å²) < 4.78 is 112. The summed E-state index contributed by atoms with van der Waals surface area (Å²) in [7, 11) is 0. The predicted octanol–water partition coefficient (Wildman–Crippen LogP) is 5.36. The van der Waals surface area contributed by atoms with Gasteiger partial charge in [-0.05, 0) is 6.42 Å². The van der Waals surface area contributed by atoms with Crippen LogP contribution in [0.15, 0.2) is 0 Å². The minimum absolute atomic E-state index is 0.0347. The fourth-order valence-electron chi connectivity index (χ4n) is 1.64. The highest BCUT2D eigenvalue weighted by Crippen LogP contribution is 2.52. The first kappa shape index (κ1) is 21.3. The Morgan fingerprint density at radius 3 is 1.55 bits per heavy atom. The Balaban J connectivity index is 4.53. The van der Waals surface area contributed by atoms with Crippen LogP contribution in [0.5, 0.6) is 0 Å². The van der Waals surface area contributed by atoms with Crippen LogP contribution in [0.3, 0.4) is 0 Å². The molecule has 0 saturated heterocycles. The third kappa shape index (κ3) is 4.92. The number of halogens is 9. The molecule has 0 unspecified atom stereocenters. The zero-order valence-corrected chi connectivity index (χ0v) is 11.9. The molecule has 22 heavy (non-hydrogen) atoms. The first-order valence-corrected chi connectivity index (χ1v) is 6.76. The molecule has 0 aromatic rings. The Kier molecular flexibility index (Phi) is 7.50. The van der Waals surface area contributed by atoms with Gasteiger partial charge in [0.25, 0.3) is 0 Å². The van der Waals surface area contributed by atoms with Crippen molar-refractivity contribution in [2.24, 2.45) is 0 Å². The van der Waals surface area contributed by atoms with Gasteiger partial charge in [0.05, 0.1) is 0 Å². The van der Waals surface area contributed by atoms with Crippen LogP contribution < -0.4 is 5.32 Å². The second-order valence-electron chi connectivity index (χ2n) is 4.92. The van der Waals surface area contributed by atoms with Crippen molar-refractivity contribution < 1.29 is 39.5 Å². The van der Waals surface area contributed by atoms with E-state index in [2.05, 4.69) is 0 Å². The zero-order valence-electron chi connectivity index (χ0n) is 11.9. The first-order chi connectivity index (χ1) is 9.81. The molecule has 0 radical (unpaired) electrons. The van der Waals surface area contributed by atoms with Crippen molar-refractivity contribution in [2.45, 2.75) is 69.5 Å². The summed E-state index contributed by atoms with van der Waals surface area (Å²) in [6.07, 6.45) is -3.17. The molecule has 0 saturated carbocycles. The molecule has 1 nitrogen and oxygen atoms in total. The van der Waals surface area contributed by atoms with Gasteiger partial charge in [0.1, 0.15) is 0 Å². The third-order valence-electron chi connectivity index (χ3n) is 3.02. The Labute approximate surface area is 122 Å². The molecule has 0 aliphatic heterocycles. The molecule has 0 aliphatic rings. The summed E-state index contributed by atoms with van der Waals surface area (Å²) in [5.41, 5.74) is 0. The normalized spacial score (nSPS) is 14.5. The van der Waals surface area contributed by atoms with Crippen LogP contribution in [-0.2, 0) is 0 Å². The van der Waals surface area contributed by atoms with Gasteiger partial charge >= 0.3 is 24.1 Å². The minimum Gasteiger partial charge on any atom is -0.253 e. The van der Waals surface area contributed by atoms with Crippen molar-refractivity contribution in [1.82, 2.24) is 5.32 Å². The fourth-order valence-corrected chi connectivity index (χ4v) is 1.64. The number of rotatable bonds is 10. The number of alkyl halides is 9. The molecule has 0 heterocycles. The summed E-state index contributed by atoms with van der Waals surface area (Å²) in [5, 5.41) is 0.805. The van der Waals surface area contributed by atoms with Gasteiger partial charge in [0, 0.05) is 6.54 Å². The minimum atomic E-state index is -6.84. The van der Waals surface area contributed by atoms with Gasteiger partial charge in [-0.1, -0.05) is 39.0 Å². The van der Waals surface area contributed by atoms with Crippen molar-refractivity contribution in [3.8, 4) is 0 Å². The maximum absolute atomic E-state index is 13.0. The Morgan fingerprint density at radius 1 is 0.636 bits per heavy atom. The van der Waals surface area contributed by atoms with Crippen molar-refractivity contribution in [3.63, 3.8) is 0 Å². The SMILES string of the molecule is CCCCCCCCNC(F)(F)C(F)(F)C(F)(F)C(F)(F)F. The van der Waals surface area contributed by atoms with Crippen molar-refractivity contribution in [3.05, 3.63) is 0 Å². The summed E-state index contributed by atoms with van der Waals surface area (Å²) in [5.74, 6) is -13.4. The molecule has 10 heteroatoms. The molecule has 0 aliphatic carbocycles. The number of hydrogen-bond acceptors (Lipinski definition) is 1. The first-order valence-electron chi connectivity index (χ1n) is 6.76. The van der Waals surface area contributed by atoms with Gasteiger partial charge in [0.15, 0.2) is 0 Å². The number of hydrogen-bond donors (Lipinski definition) is 1. The van der Waals surface area contributed by atoms with Crippen molar-refractivity contribution >= 4 is 0 Å². The lowest BCUT2D eigenvalue weighted by Gasteiger charge is -2.33. The second kappa shape index (κ2) is 7.74. The average Bonchev–Trinajstić information content (AvgIpc) is 2.35. The van der Waals surface area contributed by atoms with Crippen molar-refractivity contribution in [2.75, 3.05) is 6.54 Å². The van der Waals surface area contributed by atoms with E-state index >= 15 is 0 Å². The number of nitrogens with one attached hydrogen (secondary N) is 1. The van der Waals surface area contributed by atoms with Gasteiger partial charge in [-0.15, -0.1) is 0 Å². The van der Waals surface area contributed by atoms with Gasteiger partial charge in [-0.25, -0.2) is 0 Å². The molecule has 0 aromatic carbocycles. The molecule has 134 valence electrons. The lowest BCUT2D eigenvalue weighted by molar-refractivity contribution is -0.400. The zero-order chi connectivity index (χ0) is 17.7. The van der Waals surface area contributed by atoms with Gasteiger partial charge < -0.3 is 0 Å². The van der Waals surface area contributed by atoms with E-state index in [0.717, 1.165) is 24.6 Å². The summed E-state index contributed by atoms with van der Waals surface area (Å²) in [6, 6.07) is -5.67. The maximum Gasteiger partial charge on any atom is 0.460 e. The van der Waals surface area contributed by atoms with E-state index in [0.29, 0.717) is 12.8 Å². The molecule has 0 bridgehead atoms. The highest BCUT2D eigenvalue weighted by atomic mass is 19.4. The van der Waals surface area contributed by atoms with E-state index < -0.39 is 30.6 Å². The largest absolute Gasteiger partial charge is 0.460 e. The fraction of sp³-hybridized carbons (Fsp3) is 1.00. The average molecular weight is 347 g/mol. The van der Waals surface area contributed by atoms with Crippen LogP contribution in [0.1, 0.15) is 45.4 Å². The molecule has 0 fully saturated rings. The van der Waals surface area contributed by atoms with E-state index in [1.807, 2.05) is 6.92 Å². The highest BCUT2D eigenvalue weighted by Gasteiger charge is 2.81. The lowest BCUT2D eigenvalue weighted by atomic mass is 10.1. The summed E-state index contributed by atoms with van der Waals surface area (Å²) >= 11 is 0. The van der Waals surface area contributed by atoms with Gasteiger partial charge in [-0.2, -0.15) is 39.5 Å². The molecule has 1 N–H and O–H groups in total. The van der Waals surface area contributed by atoms with Crippen LogP contribution in [0.4, 0.5) is 39.5 Å². The smallest absolute Gasteiger partial charge is 0.253 e. The molecular weight excluding hydrogens is 329 g/mol. The van der Waals surface area contributed by atoms with Crippen LogP contribution in [0.25, 0.3) is 0 Å². The van der Waals surface area contributed by atoms with Crippen LogP contribution in [0.2, 0.25) is 0 Å². The molecule has 0 rings (SSSR count). The van der Waals surface area contributed by atoms with Gasteiger partial charge in [-0.3, -0.25) is 5.32 Å². The van der Waals surface area contributed by atoms with E-state index in [9.17, 15) is 39.5 Å². The molecule has 0 spiro atoms. The van der Waals surface area contributed by atoms with E-state index in [1.54, 1.807) is 0 Å². The maximum atomic E-state index is 13.0. The van der Waals surface area contributed by atoms with Crippen LogP contribution in [-0.4, -0.2) is 30.6 Å². The summed E-state index contributed by atoms with van der Waals surface area (Å²) in [6.45, 7) is 1.15. The Bertz CT molecular complexity index is 325. The molecule has 0 aromatic heterocycles. The van der Waals surface area contributed by atoms with E-state index in [4.69, 9.17) is 0 Å². The van der Waals surface area contributed by atoms with Crippen molar-refractivity contribution in [1.29, 1.82) is 0 Å². The molecule has 0 amide bonds. The van der Waals surface area contributed by atoms with Gasteiger partial charge in [0.2, 0.25) is 0 Å². The standard InChI is InChI=1S/C12H18F9N/c1-2-3-4-5-6-7-8-22-12(20,21)10(15,16)9(13,14)11(17,18)19/h22H,2-8H2,1H3. The third-order valence-corrected chi connectivity index (χ3v) is 3.02. The highest BCUT2D eigenvalue weighted by molar-refractivity contribution is 4.99. The summed E-state index contributed by atoms with van der Waals surface area (Å²) in [4.78, 5) is 0. The topological polar surface area (TPSA) is 12.0 Å². The van der Waals surface area contributed by atoms with Crippen LogP contribution in [0, 0.1) is 0 Å². The van der Waals surface area contributed by atoms with E-state index in [1.165, 1.54) is 0 Å². The Hall–Kier alpha value is -0.670. The quantitative estimate of drug-likeness (QED) is 0.319. The lowest BCUT2D eigenvalue weighted by Crippen LogP contribution is -2.65. The predicted molar refractivity (Wildman–Crippen MR) is 62.3 cm³/mol.